The number of ether oxygens (including phenoxy) is 1. The molecule has 21 heavy (non-hydrogen) atoms. The van der Waals surface area contributed by atoms with Gasteiger partial charge in [0.05, 0.1) is 16.5 Å². The largest absolute Gasteiger partial charge is 0.492 e. The summed E-state index contributed by atoms with van der Waals surface area (Å²) in [7, 11) is 0. The van der Waals surface area contributed by atoms with Crippen molar-refractivity contribution in [3.63, 3.8) is 0 Å². The van der Waals surface area contributed by atoms with Gasteiger partial charge in [0, 0.05) is 5.56 Å². The van der Waals surface area contributed by atoms with E-state index in [0.717, 1.165) is 35.0 Å². The summed E-state index contributed by atoms with van der Waals surface area (Å²) in [5, 5.41) is 9.88. The van der Waals surface area contributed by atoms with Crippen LogP contribution >= 0.6 is 15.9 Å². The van der Waals surface area contributed by atoms with Gasteiger partial charge in [-0.2, -0.15) is 0 Å². The summed E-state index contributed by atoms with van der Waals surface area (Å²) in [6.07, 6.45) is 6.94. The van der Waals surface area contributed by atoms with E-state index in [2.05, 4.69) is 15.9 Å². The van der Waals surface area contributed by atoms with Crippen molar-refractivity contribution in [2.24, 2.45) is 5.92 Å². The Morgan fingerprint density at radius 1 is 1.29 bits per heavy atom. The molecule has 1 aromatic rings. The maximum atomic E-state index is 12.0. The second-order valence-electron chi connectivity index (χ2n) is 6.32. The van der Waals surface area contributed by atoms with E-state index in [1.807, 2.05) is 18.2 Å². The van der Waals surface area contributed by atoms with Gasteiger partial charge in [-0.05, 0) is 53.6 Å². The van der Waals surface area contributed by atoms with E-state index in [1.165, 1.54) is 12.8 Å². The number of para-hydroxylation sites is 1. The number of rotatable bonds is 5. The van der Waals surface area contributed by atoms with E-state index in [9.17, 15) is 9.90 Å². The first-order chi connectivity index (χ1) is 10.1. The molecule has 0 saturated heterocycles. The molecular weight excluding hydrogens is 332 g/mol. The zero-order valence-electron chi connectivity index (χ0n) is 12.1. The summed E-state index contributed by atoms with van der Waals surface area (Å²) in [5.41, 5.74) is 0.0747. The average Bonchev–Trinajstić information content (AvgIpc) is 3.30. The summed E-state index contributed by atoms with van der Waals surface area (Å²) in [5.74, 6) is 0.683. The highest BCUT2D eigenvalue weighted by atomic mass is 79.9. The molecular formula is C17H21BrO3. The second-order valence-corrected chi connectivity index (χ2v) is 7.17. The first kappa shape index (κ1) is 14.9. The Balaban J connectivity index is 1.97. The van der Waals surface area contributed by atoms with Gasteiger partial charge in [-0.1, -0.05) is 31.4 Å². The van der Waals surface area contributed by atoms with Gasteiger partial charge in [0.15, 0.2) is 0 Å². The average molecular weight is 353 g/mol. The molecule has 0 aromatic heterocycles. The Morgan fingerprint density at radius 2 is 2.00 bits per heavy atom. The standard InChI is InChI=1S/C17H21BrO3/c18-14-6-4-5-13(15(14)21-11-12-7-8-12)17(16(19)20)9-2-1-3-10-17/h4-6,12H,1-3,7-11H2,(H,19,20). The highest BCUT2D eigenvalue weighted by Crippen LogP contribution is 2.46. The van der Waals surface area contributed by atoms with E-state index < -0.39 is 11.4 Å². The summed E-state index contributed by atoms with van der Waals surface area (Å²) < 4.78 is 6.88. The van der Waals surface area contributed by atoms with Gasteiger partial charge in [0.1, 0.15) is 5.75 Å². The third-order valence-electron chi connectivity index (χ3n) is 4.76. The predicted molar refractivity (Wildman–Crippen MR) is 84.8 cm³/mol. The lowest BCUT2D eigenvalue weighted by Crippen LogP contribution is -2.38. The molecule has 0 radical (unpaired) electrons. The lowest BCUT2D eigenvalue weighted by molar-refractivity contribution is -0.145. The highest BCUT2D eigenvalue weighted by molar-refractivity contribution is 9.10. The topological polar surface area (TPSA) is 46.5 Å². The van der Waals surface area contributed by atoms with E-state index in [0.29, 0.717) is 25.4 Å². The van der Waals surface area contributed by atoms with Crippen LogP contribution in [0.3, 0.4) is 0 Å². The molecule has 2 aliphatic carbocycles. The van der Waals surface area contributed by atoms with Crippen molar-refractivity contribution in [2.75, 3.05) is 6.61 Å². The maximum Gasteiger partial charge on any atom is 0.314 e. The quantitative estimate of drug-likeness (QED) is 0.846. The van der Waals surface area contributed by atoms with Crippen LogP contribution in [0.4, 0.5) is 0 Å². The lowest BCUT2D eigenvalue weighted by atomic mass is 9.69. The maximum absolute atomic E-state index is 12.0. The van der Waals surface area contributed by atoms with Crippen LogP contribution in [0.15, 0.2) is 22.7 Å². The number of hydrogen-bond acceptors (Lipinski definition) is 2. The van der Waals surface area contributed by atoms with Crippen molar-refractivity contribution in [3.8, 4) is 5.75 Å². The summed E-state index contributed by atoms with van der Waals surface area (Å²) >= 11 is 3.54. The Hall–Kier alpha value is -1.03. The molecule has 2 aliphatic rings. The molecule has 114 valence electrons. The fourth-order valence-electron chi connectivity index (χ4n) is 3.27. The number of benzene rings is 1. The van der Waals surface area contributed by atoms with Crippen molar-refractivity contribution in [1.29, 1.82) is 0 Å². The third-order valence-corrected chi connectivity index (χ3v) is 5.38. The van der Waals surface area contributed by atoms with Crippen LogP contribution in [0.2, 0.25) is 0 Å². The van der Waals surface area contributed by atoms with Crippen molar-refractivity contribution in [2.45, 2.75) is 50.4 Å². The predicted octanol–water partition coefficient (Wildman–Crippen LogP) is 4.52. The minimum Gasteiger partial charge on any atom is -0.492 e. The Kier molecular flexibility index (Phi) is 4.25. The molecule has 0 atom stereocenters. The van der Waals surface area contributed by atoms with Crippen LogP contribution in [0.5, 0.6) is 5.75 Å². The normalized spacial score (nSPS) is 21.0. The van der Waals surface area contributed by atoms with Gasteiger partial charge >= 0.3 is 5.97 Å². The number of carbonyl (C=O) groups is 1. The first-order valence-electron chi connectivity index (χ1n) is 7.79. The molecule has 0 amide bonds. The van der Waals surface area contributed by atoms with E-state index in [1.54, 1.807) is 0 Å². The first-order valence-corrected chi connectivity index (χ1v) is 8.58. The van der Waals surface area contributed by atoms with Crippen molar-refractivity contribution < 1.29 is 14.6 Å². The number of hydrogen-bond donors (Lipinski definition) is 1. The van der Waals surface area contributed by atoms with E-state index in [4.69, 9.17) is 4.74 Å². The zero-order valence-corrected chi connectivity index (χ0v) is 13.7. The smallest absolute Gasteiger partial charge is 0.314 e. The lowest BCUT2D eigenvalue weighted by Gasteiger charge is -2.35. The highest BCUT2D eigenvalue weighted by Gasteiger charge is 2.43. The SMILES string of the molecule is O=C(O)C1(c2cccc(Br)c2OCC2CC2)CCCCC1. The van der Waals surface area contributed by atoms with Crippen molar-refractivity contribution >= 4 is 21.9 Å². The molecule has 1 aromatic carbocycles. The minimum absolute atomic E-state index is 0.650. The minimum atomic E-state index is -0.777. The molecule has 4 heteroatoms. The molecule has 0 aliphatic heterocycles. The molecule has 0 spiro atoms. The van der Waals surface area contributed by atoms with Gasteiger partial charge < -0.3 is 9.84 Å². The zero-order chi connectivity index (χ0) is 14.9. The summed E-state index contributed by atoms with van der Waals surface area (Å²) in [6, 6.07) is 5.79. The molecule has 0 unspecified atom stereocenters. The van der Waals surface area contributed by atoms with Crippen LogP contribution in [-0.2, 0) is 10.2 Å². The van der Waals surface area contributed by atoms with Crippen LogP contribution in [0.1, 0.15) is 50.5 Å². The van der Waals surface area contributed by atoms with E-state index in [-0.39, 0.29) is 0 Å². The van der Waals surface area contributed by atoms with Crippen LogP contribution in [0.25, 0.3) is 0 Å². The second kappa shape index (κ2) is 5.99. The van der Waals surface area contributed by atoms with Crippen LogP contribution in [-0.4, -0.2) is 17.7 Å². The number of halogens is 1. The molecule has 2 fully saturated rings. The molecule has 0 heterocycles. The van der Waals surface area contributed by atoms with Crippen molar-refractivity contribution in [3.05, 3.63) is 28.2 Å². The van der Waals surface area contributed by atoms with Crippen molar-refractivity contribution in [1.82, 2.24) is 0 Å². The monoisotopic (exact) mass is 352 g/mol. The number of carboxylic acid groups (broad SMARTS) is 1. The van der Waals surface area contributed by atoms with Gasteiger partial charge in [-0.3, -0.25) is 4.79 Å². The van der Waals surface area contributed by atoms with Crippen LogP contribution in [0, 0.1) is 5.92 Å². The summed E-state index contributed by atoms with van der Waals surface area (Å²) in [4.78, 5) is 12.0. The molecule has 3 rings (SSSR count). The van der Waals surface area contributed by atoms with Gasteiger partial charge in [0.25, 0.3) is 0 Å². The number of carboxylic acids is 1. The Morgan fingerprint density at radius 3 is 2.62 bits per heavy atom. The fourth-order valence-corrected chi connectivity index (χ4v) is 3.75. The molecule has 0 bridgehead atoms. The fraction of sp³-hybridized carbons (Fsp3) is 0.588. The van der Waals surface area contributed by atoms with Gasteiger partial charge in [-0.15, -0.1) is 0 Å². The molecule has 3 nitrogen and oxygen atoms in total. The molecule has 2 saturated carbocycles. The van der Waals surface area contributed by atoms with Gasteiger partial charge in [0.2, 0.25) is 0 Å². The Bertz CT molecular complexity index is 531. The molecule has 1 N–H and O–H groups in total. The van der Waals surface area contributed by atoms with E-state index >= 15 is 0 Å². The third kappa shape index (κ3) is 2.96. The number of aliphatic carboxylic acids is 1. The Labute approximate surface area is 133 Å². The van der Waals surface area contributed by atoms with Gasteiger partial charge in [-0.25, -0.2) is 0 Å². The van der Waals surface area contributed by atoms with Crippen LogP contribution < -0.4 is 4.74 Å². The summed E-state index contributed by atoms with van der Waals surface area (Å²) in [6.45, 7) is 0.700.